The quantitative estimate of drug-likeness (QED) is 0.813. The number of carbonyl (C=O) groups is 2. The van der Waals surface area contributed by atoms with E-state index in [1.807, 2.05) is 6.07 Å². The Balaban J connectivity index is 2.50. The van der Waals surface area contributed by atoms with Crippen molar-refractivity contribution in [3.8, 4) is 6.07 Å². The van der Waals surface area contributed by atoms with Crippen LogP contribution in [0.1, 0.15) is 18.9 Å². The third-order valence-corrected chi connectivity index (χ3v) is 3.73. The maximum Gasteiger partial charge on any atom is 0.306 e. The van der Waals surface area contributed by atoms with Gasteiger partial charge in [-0.25, -0.2) is 0 Å². The molecule has 0 fully saturated rings. The van der Waals surface area contributed by atoms with Gasteiger partial charge in [-0.1, -0.05) is 12.1 Å². The number of nitrogens with one attached hydrogen (secondary N) is 1. The van der Waals surface area contributed by atoms with Crippen LogP contribution in [0.5, 0.6) is 0 Å². The van der Waals surface area contributed by atoms with Gasteiger partial charge < -0.3 is 10.1 Å². The summed E-state index contributed by atoms with van der Waals surface area (Å²) >= 11 is 1.37. The predicted molar refractivity (Wildman–Crippen MR) is 78.3 cm³/mol. The van der Waals surface area contributed by atoms with Crippen molar-refractivity contribution in [2.75, 3.05) is 18.2 Å². The van der Waals surface area contributed by atoms with Gasteiger partial charge in [-0.2, -0.15) is 5.26 Å². The minimum atomic E-state index is -0.314. The van der Waals surface area contributed by atoms with Crippen LogP contribution in [0.2, 0.25) is 0 Å². The number of nitriles is 1. The zero-order chi connectivity index (χ0) is 15.0. The highest BCUT2D eigenvalue weighted by atomic mass is 32.2. The van der Waals surface area contributed by atoms with E-state index in [2.05, 4.69) is 10.1 Å². The molecule has 0 radical (unpaired) electrons. The Kier molecular flexibility index (Phi) is 6.60. The first-order chi connectivity index (χ1) is 9.58. The Labute approximate surface area is 122 Å². The van der Waals surface area contributed by atoms with E-state index in [1.165, 1.54) is 18.9 Å². The second-order valence-electron chi connectivity index (χ2n) is 3.99. The van der Waals surface area contributed by atoms with Gasteiger partial charge in [0.2, 0.25) is 5.91 Å². The molecule has 0 saturated heterocycles. The minimum Gasteiger partial charge on any atom is -0.469 e. The van der Waals surface area contributed by atoms with Crippen molar-refractivity contribution in [1.82, 2.24) is 0 Å². The second kappa shape index (κ2) is 8.23. The number of benzene rings is 1. The molecule has 0 aromatic heterocycles. The number of hydrogen-bond donors (Lipinski definition) is 1. The van der Waals surface area contributed by atoms with Gasteiger partial charge in [0.05, 0.1) is 30.0 Å². The van der Waals surface area contributed by atoms with Crippen molar-refractivity contribution in [1.29, 1.82) is 5.26 Å². The number of amides is 1. The fraction of sp³-hybridized carbons (Fsp3) is 0.357. The van der Waals surface area contributed by atoms with Crippen LogP contribution in [-0.4, -0.2) is 30.0 Å². The van der Waals surface area contributed by atoms with E-state index in [0.29, 0.717) is 17.0 Å². The molecule has 0 spiro atoms. The molecular formula is C14H16N2O3S. The van der Waals surface area contributed by atoms with E-state index in [4.69, 9.17) is 5.26 Å². The summed E-state index contributed by atoms with van der Waals surface area (Å²) in [5, 5.41) is 11.3. The summed E-state index contributed by atoms with van der Waals surface area (Å²) in [6.07, 6.45) is 0.271. The van der Waals surface area contributed by atoms with Crippen LogP contribution in [0.3, 0.4) is 0 Å². The van der Waals surface area contributed by atoms with Crippen LogP contribution in [-0.2, 0) is 14.3 Å². The fourth-order valence-electron chi connectivity index (χ4n) is 1.42. The van der Waals surface area contributed by atoms with Crippen LogP contribution < -0.4 is 5.32 Å². The Hall–Kier alpha value is -2.00. The third-order valence-electron chi connectivity index (χ3n) is 2.58. The monoisotopic (exact) mass is 292 g/mol. The first-order valence-electron chi connectivity index (χ1n) is 6.07. The van der Waals surface area contributed by atoms with Gasteiger partial charge in [-0.3, -0.25) is 9.59 Å². The highest BCUT2D eigenvalue weighted by Crippen LogP contribution is 2.17. The molecule has 6 heteroatoms. The molecule has 1 atom stereocenters. The topological polar surface area (TPSA) is 79.2 Å². The standard InChI is InChI=1S/C14H16N2O3S/c1-10(20-8-7-13(17)19-2)14(18)16-12-6-4-3-5-11(12)9-15/h3-6,10H,7-8H2,1-2H3,(H,16,18)/t10-/m0/s1. The molecule has 1 N–H and O–H groups in total. The second-order valence-corrected chi connectivity index (χ2v) is 5.43. The van der Waals surface area contributed by atoms with Crippen molar-refractivity contribution in [2.24, 2.45) is 0 Å². The molecule has 1 aromatic rings. The van der Waals surface area contributed by atoms with Crippen molar-refractivity contribution in [3.63, 3.8) is 0 Å². The molecule has 20 heavy (non-hydrogen) atoms. The summed E-state index contributed by atoms with van der Waals surface area (Å²) < 4.78 is 4.53. The SMILES string of the molecule is COC(=O)CCS[C@@H](C)C(=O)Nc1ccccc1C#N. The van der Waals surface area contributed by atoms with Crippen molar-refractivity contribution >= 4 is 29.3 Å². The van der Waals surface area contributed by atoms with E-state index in [-0.39, 0.29) is 23.5 Å². The molecule has 0 saturated carbocycles. The molecule has 0 aliphatic heterocycles. The van der Waals surface area contributed by atoms with Crippen LogP contribution in [0.15, 0.2) is 24.3 Å². The first-order valence-corrected chi connectivity index (χ1v) is 7.11. The number of esters is 1. The Bertz CT molecular complexity index is 525. The largest absolute Gasteiger partial charge is 0.469 e. The number of anilines is 1. The number of nitrogens with zero attached hydrogens (tertiary/aromatic N) is 1. The van der Waals surface area contributed by atoms with E-state index in [9.17, 15) is 9.59 Å². The van der Waals surface area contributed by atoms with Crippen LogP contribution in [0, 0.1) is 11.3 Å². The maximum absolute atomic E-state index is 12.0. The molecular weight excluding hydrogens is 276 g/mol. The highest BCUT2D eigenvalue weighted by Gasteiger charge is 2.15. The molecule has 0 heterocycles. The number of methoxy groups -OCH3 is 1. The predicted octanol–water partition coefficient (Wildman–Crippen LogP) is 2.18. The molecule has 1 aromatic carbocycles. The molecule has 1 rings (SSSR count). The lowest BCUT2D eigenvalue weighted by Gasteiger charge is -2.12. The lowest BCUT2D eigenvalue weighted by Crippen LogP contribution is -2.23. The third kappa shape index (κ3) is 4.94. The summed E-state index contributed by atoms with van der Waals surface area (Å²) in [6.45, 7) is 1.76. The Morgan fingerprint density at radius 1 is 1.45 bits per heavy atom. The van der Waals surface area contributed by atoms with Crippen molar-refractivity contribution in [3.05, 3.63) is 29.8 Å². The first kappa shape index (κ1) is 16.1. The maximum atomic E-state index is 12.0. The highest BCUT2D eigenvalue weighted by molar-refractivity contribution is 8.00. The van der Waals surface area contributed by atoms with Gasteiger partial charge in [0, 0.05) is 5.75 Å². The van der Waals surface area contributed by atoms with Gasteiger partial charge in [-0.05, 0) is 19.1 Å². The van der Waals surface area contributed by atoms with Gasteiger partial charge in [0.15, 0.2) is 0 Å². The van der Waals surface area contributed by atoms with E-state index >= 15 is 0 Å². The number of carbonyl (C=O) groups excluding carboxylic acids is 2. The number of hydrogen-bond acceptors (Lipinski definition) is 5. The smallest absolute Gasteiger partial charge is 0.306 e. The van der Waals surface area contributed by atoms with Crippen molar-refractivity contribution in [2.45, 2.75) is 18.6 Å². The molecule has 106 valence electrons. The average Bonchev–Trinajstić information content (AvgIpc) is 2.47. The van der Waals surface area contributed by atoms with Crippen LogP contribution in [0.4, 0.5) is 5.69 Å². The van der Waals surface area contributed by atoms with E-state index < -0.39 is 0 Å². The number of rotatable bonds is 6. The Morgan fingerprint density at radius 3 is 2.80 bits per heavy atom. The lowest BCUT2D eigenvalue weighted by atomic mass is 10.2. The van der Waals surface area contributed by atoms with Gasteiger partial charge in [-0.15, -0.1) is 11.8 Å². The van der Waals surface area contributed by atoms with Crippen LogP contribution in [0.25, 0.3) is 0 Å². The normalized spacial score (nSPS) is 11.2. The fourth-order valence-corrected chi connectivity index (χ4v) is 2.27. The molecule has 1 amide bonds. The Morgan fingerprint density at radius 2 is 2.15 bits per heavy atom. The van der Waals surface area contributed by atoms with Gasteiger partial charge in [0.1, 0.15) is 6.07 Å². The van der Waals surface area contributed by atoms with Crippen LogP contribution >= 0.6 is 11.8 Å². The molecule has 0 aliphatic carbocycles. The average molecular weight is 292 g/mol. The van der Waals surface area contributed by atoms with Crippen molar-refractivity contribution < 1.29 is 14.3 Å². The summed E-state index contributed by atoms with van der Waals surface area (Å²) in [7, 11) is 1.34. The molecule has 0 bridgehead atoms. The number of ether oxygens (including phenoxy) is 1. The molecule has 0 unspecified atom stereocenters. The summed E-state index contributed by atoms with van der Waals surface area (Å²) in [6, 6.07) is 8.84. The number of para-hydroxylation sites is 1. The summed E-state index contributed by atoms with van der Waals surface area (Å²) in [4.78, 5) is 22.9. The van der Waals surface area contributed by atoms with E-state index in [0.717, 1.165) is 0 Å². The lowest BCUT2D eigenvalue weighted by molar-refractivity contribution is -0.140. The summed E-state index contributed by atoms with van der Waals surface area (Å²) in [5.41, 5.74) is 0.924. The van der Waals surface area contributed by atoms with Gasteiger partial charge in [0.25, 0.3) is 0 Å². The minimum absolute atomic E-state index is 0.192. The van der Waals surface area contributed by atoms with Gasteiger partial charge >= 0.3 is 5.97 Å². The summed E-state index contributed by atoms with van der Waals surface area (Å²) in [5.74, 6) is 0.0312. The molecule has 5 nitrogen and oxygen atoms in total. The van der Waals surface area contributed by atoms with E-state index in [1.54, 1.807) is 31.2 Å². The zero-order valence-corrected chi connectivity index (χ0v) is 12.2. The zero-order valence-electron chi connectivity index (χ0n) is 11.4. The molecule has 0 aliphatic rings. The number of thioether (sulfide) groups is 1.